The Hall–Kier alpha value is -0.460. The normalized spacial score (nSPS) is 15.4. The molecular weight excluding hydrogens is 508 g/mol. The second-order valence-electron chi connectivity index (χ2n) is 5.14. The van der Waals surface area contributed by atoms with Gasteiger partial charge in [-0.25, -0.2) is 9.13 Å². The average molecular weight is 524 g/mol. The van der Waals surface area contributed by atoms with E-state index in [1.54, 1.807) is 0 Å². The first-order valence-electron chi connectivity index (χ1n) is 8.09. The smallest absolute Gasteiger partial charge is 0.402 e. The molecule has 0 radical (unpaired) electrons. The molecule has 2 aromatic carbocycles. The van der Waals surface area contributed by atoms with Gasteiger partial charge in [-0.05, 0) is 50.2 Å². The summed E-state index contributed by atoms with van der Waals surface area (Å²) in [5.41, 5.74) is 0. The molecule has 0 aliphatic rings. The van der Waals surface area contributed by atoms with Gasteiger partial charge < -0.3 is 9.05 Å². The third-order valence-corrected chi connectivity index (χ3v) is 7.63. The van der Waals surface area contributed by atoms with Crippen molar-refractivity contribution in [3.63, 3.8) is 0 Å². The summed E-state index contributed by atoms with van der Waals surface area (Å²) in [5, 5.41) is 0.730. The van der Waals surface area contributed by atoms with E-state index in [2.05, 4.69) is 0 Å². The lowest BCUT2D eigenvalue weighted by Gasteiger charge is -2.23. The maximum absolute atomic E-state index is 13.1. The highest BCUT2D eigenvalue weighted by Crippen LogP contribution is 2.66. The number of halogens is 4. The zero-order valence-electron chi connectivity index (χ0n) is 15.1. The van der Waals surface area contributed by atoms with E-state index in [-0.39, 0.29) is 34.8 Å². The fourth-order valence-electron chi connectivity index (χ4n) is 1.91. The van der Waals surface area contributed by atoms with Crippen LogP contribution < -0.4 is 9.05 Å². The molecule has 0 saturated heterocycles. The molecule has 13 heteroatoms. The fraction of sp³-hybridized carbons (Fsp3) is 0.250. The number of hydrogen-bond acceptors (Lipinski definition) is 7. The zero-order valence-corrected chi connectivity index (χ0v) is 20.0. The van der Waals surface area contributed by atoms with Gasteiger partial charge >= 0.3 is 15.6 Å². The molecule has 2 aromatic rings. The number of hydrogen-bond donors (Lipinski definition) is 0. The number of rotatable bonds is 10. The van der Waals surface area contributed by atoms with Crippen LogP contribution in [0.25, 0.3) is 0 Å². The Morgan fingerprint density at radius 1 is 0.724 bits per heavy atom. The van der Waals surface area contributed by atoms with E-state index in [9.17, 15) is 9.13 Å². The van der Waals surface area contributed by atoms with E-state index in [1.807, 2.05) is 0 Å². The molecule has 2 rings (SSSR count). The third kappa shape index (κ3) is 7.32. The van der Waals surface area contributed by atoms with Gasteiger partial charge in [-0.2, -0.15) is 4.31 Å². The van der Waals surface area contributed by atoms with E-state index in [1.165, 1.54) is 50.2 Å². The van der Waals surface area contributed by atoms with Crippen LogP contribution in [-0.4, -0.2) is 13.2 Å². The highest BCUT2D eigenvalue weighted by molar-refractivity contribution is 7.62. The van der Waals surface area contributed by atoms with Crippen LogP contribution in [0.3, 0.4) is 0 Å². The molecule has 0 bridgehead atoms. The van der Waals surface area contributed by atoms with Gasteiger partial charge in [0, 0.05) is 10.0 Å². The minimum atomic E-state index is -4.51. The molecular formula is C16H16Cl4O7P2. The molecule has 0 aliphatic carbocycles. The standard InChI is InChI=1S/C16H16Cl4O7P2/c1-3-23-28(21,25-15-7-5-11(17)9-13(15)19)27-29(22,24-4-2)26-16-8-6-12(18)10-14(16)20/h5-10H,3-4H2,1-2H3. The van der Waals surface area contributed by atoms with Crippen molar-refractivity contribution in [2.45, 2.75) is 13.8 Å². The minimum absolute atomic E-state index is 0.0361. The van der Waals surface area contributed by atoms with Crippen molar-refractivity contribution in [2.24, 2.45) is 0 Å². The molecule has 2 atom stereocenters. The summed E-state index contributed by atoms with van der Waals surface area (Å²) < 4.78 is 52.1. The van der Waals surface area contributed by atoms with E-state index in [0.717, 1.165) is 0 Å². The largest absolute Gasteiger partial charge is 0.539 e. The first-order chi connectivity index (χ1) is 13.6. The zero-order chi connectivity index (χ0) is 21.7. The summed E-state index contributed by atoms with van der Waals surface area (Å²) in [5.74, 6) is -0.138. The molecule has 7 nitrogen and oxygen atoms in total. The van der Waals surface area contributed by atoms with Crippen LogP contribution in [0.5, 0.6) is 11.5 Å². The Morgan fingerprint density at radius 3 is 1.41 bits per heavy atom. The molecule has 29 heavy (non-hydrogen) atoms. The van der Waals surface area contributed by atoms with Crippen LogP contribution in [-0.2, 0) is 22.5 Å². The highest BCUT2D eigenvalue weighted by atomic mass is 35.5. The van der Waals surface area contributed by atoms with Crippen molar-refractivity contribution < 1.29 is 31.5 Å². The predicted molar refractivity (Wildman–Crippen MR) is 114 cm³/mol. The Labute approximate surface area is 188 Å². The molecule has 160 valence electrons. The first kappa shape index (κ1) is 24.8. The maximum Gasteiger partial charge on any atom is 0.539 e. The number of phosphoric acid groups is 2. The van der Waals surface area contributed by atoms with Crippen LogP contribution in [0.1, 0.15) is 13.8 Å². The summed E-state index contributed by atoms with van der Waals surface area (Å²) in [6.45, 7) is 2.86. The van der Waals surface area contributed by atoms with Gasteiger partial charge in [0.15, 0.2) is 0 Å². The van der Waals surface area contributed by atoms with Crippen molar-refractivity contribution in [2.75, 3.05) is 13.2 Å². The summed E-state index contributed by atoms with van der Waals surface area (Å²) in [7, 11) is -9.01. The third-order valence-electron chi connectivity index (χ3n) is 2.98. The van der Waals surface area contributed by atoms with Crippen LogP contribution >= 0.6 is 62.0 Å². The summed E-state index contributed by atoms with van der Waals surface area (Å²) in [4.78, 5) is 0. The fourth-order valence-corrected chi connectivity index (χ4v) is 6.07. The molecule has 0 fully saturated rings. The van der Waals surface area contributed by atoms with Crippen LogP contribution in [0.2, 0.25) is 20.1 Å². The molecule has 0 aromatic heterocycles. The lowest BCUT2D eigenvalue weighted by molar-refractivity contribution is 0.170. The highest BCUT2D eigenvalue weighted by Gasteiger charge is 2.43. The summed E-state index contributed by atoms with van der Waals surface area (Å²) in [6.07, 6.45) is 0. The maximum atomic E-state index is 13.1. The summed E-state index contributed by atoms with van der Waals surface area (Å²) in [6, 6.07) is 8.32. The predicted octanol–water partition coefficient (Wildman–Crippen LogP) is 8.06. The minimum Gasteiger partial charge on any atom is -0.402 e. The lowest BCUT2D eigenvalue weighted by Crippen LogP contribution is -2.07. The number of benzene rings is 2. The topological polar surface area (TPSA) is 80.3 Å². The second kappa shape index (κ2) is 10.7. The van der Waals surface area contributed by atoms with Crippen LogP contribution in [0.15, 0.2) is 36.4 Å². The van der Waals surface area contributed by atoms with Crippen LogP contribution in [0.4, 0.5) is 0 Å². The van der Waals surface area contributed by atoms with Gasteiger partial charge in [0.05, 0.1) is 23.3 Å². The molecule has 0 amide bonds. The quantitative estimate of drug-likeness (QED) is 0.291. The van der Waals surface area contributed by atoms with Gasteiger partial charge in [0.25, 0.3) is 0 Å². The van der Waals surface area contributed by atoms with Gasteiger partial charge in [-0.1, -0.05) is 46.4 Å². The van der Waals surface area contributed by atoms with Gasteiger partial charge in [0.2, 0.25) is 0 Å². The van der Waals surface area contributed by atoms with E-state index in [4.69, 9.17) is 68.8 Å². The second-order valence-corrected chi connectivity index (χ2v) is 10.2. The van der Waals surface area contributed by atoms with Crippen molar-refractivity contribution in [3.8, 4) is 11.5 Å². The molecule has 2 unspecified atom stereocenters. The van der Waals surface area contributed by atoms with Gasteiger partial charge in [0.1, 0.15) is 11.5 Å². The average Bonchev–Trinajstić information content (AvgIpc) is 2.60. The van der Waals surface area contributed by atoms with E-state index in [0.29, 0.717) is 10.0 Å². The van der Waals surface area contributed by atoms with E-state index >= 15 is 0 Å². The molecule has 0 N–H and O–H groups in total. The van der Waals surface area contributed by atoms with E-state index < -0.39 is 15.6 Å². The Kier molecular flexibility index (Phi) is 9.17. The van der Waals surface area contributed by atoms with Gasteiger partial charge in [-0.3, -0.25) is 9.05 Å². The van der Waals surface area contributed by atoms with Crippen molar-refractivity contribution in [1.29, 1.82) is 0 Å². The van der Waals surface area contributed by atoms with Crippen molar-refractivity contribution in [1.82, 2.24) is 0 Å². The van der Waals surface area contributed by atoms with Crippen LogP contribution in [0, 0.1) is 0 Å². The number of phosphoric ester groups is 2. The molecule has 0 saturated carbocycles. The first-order valence-corrected chi connectivity index (χ1v) is 12.5. The summed E-state index contributed by atoms with van der Waals surface area (Å²) >= 11 is 23.7. The lowest BCUT2D eigenvalue weighted by atomic mass is 10.3. The van der Waals surface area contributed by atoms with Gasteiger partial charge in [-0.15, -0.1) is 0 Å². The Morgan fingerprint density at radius 2 is 1.10 bits per heavy atom. The monoisotopic (exact) mass is 522 g/mol. The molecule has 0 spiro atoms. The molecule has 0 aliphatic heterocycles. The Balaban J connectivity index is 2.33. The SMILES string of the molecule is CCOP(=O)(Oc1ccc(Cl)cc1Cl)OP(=O)(OCC)Oc1ccc(Cl)cc1Cl. The molecule has 0 heterocycles. The van der Waals surface area contributed by atoms with Crippen molar-refractivity contribution >= 4 is 62.0 Å². The Bertz CT molecular complexity index is 881. The van der Waals surface area contributed by atoms with Crippen molar-refractivity contribution in [3.05, 3.63) is 56.5 Å².